The summed E-state index contributed by atoms with van der Waals surface area (Å²) in [4.78, 5) is 25.9. The van der Waals surface area contributed by atoms with Crippen LogP contribution in [0.2, 0.25) is 0 Å². The Morgan fingerprint density at radius 1 is 0.878 bits per heavy atom. The van der Waals surface area contributed by atoms with Crippen molar-refractivity contribution in [2.45, 2.75) is 95.0 Å². The normalized spacial score (nSPS) is 30.7. The summed E-state index contributed by atoms with van der Waals surface area (Å²) < 4.78 is 34.5. The molecule has 2 aromatic rings. The zero-order valence-electron chi connectivity index (χ0n) is 27.2. The lowest BCUT2D eigenvalue weighted by Crippen LogP contribution is -2.64. The molecule has 11 atom stereocenters. The van der Waals surface area contributed by atoms with Gasteiger partial charge in [0.2, 0.25) is 6.29 Å². The molecule has 2 aliphatic rings. The highest BCUT2D eigenvalue weighted by molar-refractivity contribution is 6.00. The molecular formula is C33H44O16. The van der Waals surface area contributed by atoms with E-state index < -0.39 is 79.8 Å². The molecule has 2 aliphatic heterocycles. The Bertz CT molecular complexity index is 1400. The number of phenolic OH excluding ortho intramolecular Hbond substituents is 1. The number of aliphatic hydroxyl groups excluding tert-OH is 7. The van der Waals surface area contributed by atoms with Gasteiger partial charge in [-0.1, -0.05) is 19.1 Å². The number of phenols is 1. The second-order valence-electron chi connectivity index (χ2n) is 12.2. The molecule has 0 saturated carbocycles. The molecule has 2 fully saturated rings. The molecule has 2 heterocycles. The summed E-state index contributed by atoms with van der Waals surface area (Å²) in [6, 6.07) is 8.30. The quantitative estimate of drug-likeness (QED) is 0.0682. The summed E-state index contributed by atoms with van der Waals surface area (Å²) in [6.45, 7) is 3.61. The van der Waals surface area contributed by atoms with Crippen molar-refractivity contribution in [1.29, 1.82) is 0 Å². The van der Waals surface area contributed by atoms with Gasteiger partial charge in [-0.3, -0.25) is 9.59 Å². The molecule has 16 heteroatoms. The van der Waals surface area contributed by atoms with E-state index in [2.05, 4.69) is 0 Å². The van der Waals surface area contributed by atoms with Gasteiger partial charge in [-0.15, -0.1) is 0 Å². The molecule has 272 valence electrons. The van der Waals surface area contributed by atoms with Crippen LogP contribution in [0.1, 0.15) is 43.1 Å². The van der Waals surface area contributed by atoms with Gasteiger partial charge in [-0.25, -0.2) is 0 Å². The zero-order chi connectivity index (χ0) is 36.0. The van der Waals surface area contributed by atoms with E-state index in [4.69, 9.17) is 28.4 Å². The molecule has 8 N–H and O–H groups in total. The number of Topliss-reactive ketones (excluding diaryl/α,β-unsaturated/α-hetero) is 1. The van der Waals surface area contributed by atoms with E-state index >= 15 is 0 Å². The molecule has 2 aromatic carbocycles. The Kier molecular flexibility index (Phi) is 13.3. The lowest BCUT2D eigenvalue weighted by atomic mass is 9.97. The maximum Gasteiger partial charge on any atom is 0.315 e. The van der Waals surface area contributed by atoms with Gasteiger partial charge in [-0.2, -0.15) is 0 Å². The molecule has 4 rings (SSSR count). The van der Waals surface area contributed by atoms with Gasteiger partial charge in [0.25, 0.3) is 0 Å². The molecule has 49 heavy (non-hydrogen) atoms. The predicted molar refractivity (Wildman–Crippen MR) is 166 cm³/mol. The average molecular weight is 697 g/mol. The first kappa shape index (κ1) is 38.4. The number of esters is 1. The SMILES string of the molecule is CC(=O)c1c(OCCC(C)CO)cc(OC2OC(CO)C(O)C(O)C2OC2OC(C)C(O)C(O)C2O)cc1OC(=O)Cc1ccc(O)cc1. The number of benzene rings is 2. The maximum absolute atomic E-state index is 13.0. The van der Waals surface area contributed by atoms with E-state index in [0.717, 1.165) is 0 Å². The first-order valence-electron chi connectivity index (χ1n) is 15.8. The van der Waals surface area contributed by atoms with E-state index in [9.17, 15) is 50.4 Å². The van der Waals surface area contributed by atoms with Crippen molar-refractivity contribution in [2.24, 2.45) is 5.92 Å². The number of aromatic hydroxyl groups is 1. The monoisotopic (exact) mass is 696 g/mol. The van der Waals surface area contributed by atoms with Crippen LogP contribution >= 0.6 is 0 Å². The highest BCUT2D eigenvalue weighted by Crippen LogP contribution is 2.38. The number of ketones is 1. The van der Waals surface area contributed by atoms with Gasteiger partial charge in [0.1, 0.15) is 65.2 Å². The topological polar surface area (TPSA) is 251 Å². The van der Waals surface area contributed by atoms with Crippen molar-refractivity contribution >= 4 is 11.8 Å². The summed E-state index contributed by atoms with van der Waals surface area (Å²) in [5, 5.41) is 81.3. The Balaban J connectivity index is 1.68. The lowest BCUT2D eigenvalue weighted by Gasteiger charge is -2.45. The standard InChI is InChI=1S/C33H44O16/c1-15(13-34)8-9-44-21-11-20(12-22(25(21)16(2)36)47-24(38)10-18-4-6-19(37)7-5-18)46-33-31(29(42)27(40)23(14-35)48-33)49-32-30(43)28(41)26(39)17(3)45-32/h4-7,11-12,15,17,23,26-35,37,39-43H,8-10,13-14H2,1-3H3. The highest BCUT2D eigenvalue weighted by atomic mass is 16.8. The van der Waals surface area contributed by atoms with Gasteiger partial charge in [0.15, 0.2) is 18.2 Å². The van der Waals surface area contributed by atoms with Crippen molar-refractivity contribution in [3.05, 3.63) is 47.5 Å². The highest BCUT2D eigenvalue weighted by Gasteiger charge is 2.51. The fraction of sp³-hybridized carbons (Fsp3) is 0.576. The minimum atomic E-state index is -1.80. The van der Waals surface area contributed by atoms with E-state index in [1.165, 1.54) is 50.2 Å². The fourth-order valence-electron chi connectivity index (χ4n) is 5.29. The molecule has 0 aliphatic carbocycles. The van der Waals surface area contributed by atoms with Gasteiger partial charge in [-0.05, 0) is 43.9 Å². The van der Waals surface area contributed by atoms with Crippen LogP contribution in [0.15, 0.2) is 36.4 Å². The van der Waals surface area contributed by atoms with Gasteiger partial charge in [0.05, 0.1) is 25.7 Å². The van der Waals surface area contributed by atoms with Gasteiger partial charge >= 0.3 is 5.97 Å². The van der Waals surface area contributed by atoms with Crippen LogP contribution in [0, 0.1) is 5.92 Å². The molecule has 2 saturated heterocycles. The number of ether oxygens (including phenoxy) is 6. The largest absolute Gasteiger partial charge is 0.508 e. The van der Waals surface area contributed by atoms with Crippen molar-refractivity contribution in [3.8, 4) is 23.0 Å². The van der Waals surface area contributed by atoms with Crippen LogP contribution in [-0.4, -0.2) is 134 Å². The number of rotatable bonds is 14. The van der Waals surface area contributed by atoms with Gasteiger partial charge in [0, 0.05) is 18.7 Å². The number of hydrogen-bond acceptors (Lipinski definition) is 16. The van der Waals surface area contributed by atoms with Crippen LogP contribution < -0.4 is 14.2 Å². The second-order valence-corrected chi connectivity index (χ2v) is 12.2. The molecule has 0 bridgehead atoms. The number of carbonyl (C=O) groups is 2. The summed E-state index contributed by atoms with van der Waals surface area (Å²) in [5.41, 5.74) is 0.399. The molecule has 11 unspecified atom stereocenters. The van der Waals surface area contributed by atoms with Crippen molar-refractivity contribution < 1.29 is 78.9 Å². The van der Waals surface area contributed by atoms with Crippen molar-refractivity contribution in [1.82, 2.24) is 0 Å². The molecule has 0 amide bonds. The van der Waals surface area contributed by atoms with Crippen molar-refractivity contribution in [2.75, 3.05) is 19.8 Å². The van der Waals surface area contributed by atoms with E-state index in [1.54, 1.807) is 6.92 Å². The Morgan fingerprint density at radius 3 is 2.18 bits per heavy atom. The molecule has 0 spiro atoms. The van der Waals surface area contributed by atoms with Crippen LogP contribution in [0.5, 0.6) is 23.0 Å². The predicted octanol–water partition coefficient (Wildman–Crippen LogP) is -0.829. The lowest BCUT2D eigenvalue weighted by molar-refractivity contribution is -0.354. The van der Waals surface area contributed by atoms with Crippen LogP contribution in [0.4, 0.5) is 0 Å². The van der Waals surface area contributed by atoms with Crippen LogP contribution in [0.25, 0.3) is 0 Å². The third kappa shape index (κ3) is 9.43. The summed E-state index contributed by atoms with van der Waals surface area (Å²) >= 11 is 0. The molecule has 16 nitrogen and oxygen atoms in total. The second kappa shape index (κ2) is 17.0. The van der Waals surface area contributed by atoms with Crippen LogP contribution in [0.3, 0.4) is 0 Å². The third-order valence-electron chi connectivity index (χ3n) is 8.26. The van der Waals surface area contributed by atoms with Gasteiger partial charge < -0.3 is 69.3 Å². The molecule has 0 aromatic heterocycles. The number of aliphatic hydroxyl groups is 7. The Morgan fingerprint density at radius 2 is 1.55 bits per heavy atom. The van der Waals surface area contributed by atoms with Crippen LogP contribution in [-0.2, 0) is 25.4 Å². The average Bonchev–Trinajstić information content (AvgIpc) is 3.06. The van der Waals surface area contributed by atoms with E-state index in [-0.39, 0.29) is 54.1 Å². The minimum absolute atomic E-state index is 0.000676. The summed E-state index contributed by atoms with van der Waals surface area (Å²) in [5.74, 6) is -1.92. The van der Waals surface area contributed by atoms with E-state index in [1.807, 2.05) is 0 Å². The number of hydrogen-bond donors (Lipinski definition) is 8. The Labute approximate surface area is 281 Å². The maximum atomic E-state index is 13.0. The smallest absolute Gasteiger partial charge is 0.315 e. The first-order valence-corrected chi connectivity index (χ1v) is 15.8. The number of carbonyl (C=O) groups excluding carboxylic acids is 2. The molecular weight excluding hydrogens is 652 g/mol. The minimum Gasteiger partial charge on any atom is -0.508 e. The fourth-order valence-corrected chi connectivity index (χ4v) is 5.29. The zero-order valence-corrected chi connectivity index (χ0v) is 27.2. The summed E-state index contributed by atoms with van der Waals surface area (Å²) in [6.07, 6.45) is -15.6. The van der Waals surface area contributed by atoms with E-state index in [0.29, 0.717) is 12.0 Å². The van der Waals surface area contributed by atoms with Crippen molar-refractivity contribution in [3.63, 3.8) is 0 Å². The molecule has 0 radical (unpaired) electrons. The Hall–Kier alpha value is -3.42. The third-order valence-corrected chi connectivity index (χ3v) is 8.26. The first-order chi connectivity index (χ1) is 23.2. The summed E-state index contributed by atoms with van der Waals surface area (Å²) in [7, 11) is 0.